The Morgan fingerprint density at radius 3 is 2.09 bits per heavy atom. The van der Waals surface area contributed by atoms with E-state index in [1.807, 2.05) is 31.3 Å². The van der Waals surface area contributed by atoms with Crippen LogP contribution in [0.3, 0.4) is 0 Å². The van der Waals surface area contributed by atoms with Crippen LogP contribution in [0.2, 0.25) is 0 Å². The van der Waals surface area contributed by atoms with Gasteiger partial charge in [0.15, 0.2) is 0 Å². The standard InChI is InChI=1S/C27H36N2O3/c1-26(2,3)22-14-19(15-23(24(22)30)27(4,5)6)25-29-20(17-32-25)12-13-31-21-10-8-18(9-11-21)16-28-7/h8-11,14-15,17,28,30H,12-13,16H2,1-7H3. The van der Waals surface area contributed by atoms with Crippen molar-refractivity contribution < 1.29 is 14.3 Å². The number of phenols is 1. The summed E-state index contributed by atoms with van der Waals surface area (Å²) in [5.41, 5.74) is 4.33. The van der Waals surface area contributed by atoms with Gasteiger partial charge in [-0.1, -0.05) is 53.7 Å². The van der Waals surface area contributed by atoms with Gasteiger partial charge in [0.2, 0.25) is 5.89 Å². The maximum atomic E-state index is 10.9. The highest BCUT2D eigenvalue weighted by Gasteiger charge is 2.27. The summed E-state index contributed by atoms with van der Waals surface area (Å²) in [6.45, 7) is 14.0. The number of benzene rings is 2. The van der Waals surface area contributed by atoms with Crippen LogP contribution in [0.5, 0.6) is 11.5 Å². The Hall–Kier alpha value is -2.79. The lowest BCUT2D eigenvalue weighted by Gasteiger charge is -2.27. The van der Waals surface area contributed by atoms with Gasteiger partial charge in [-0.15, -0.1) is 0 Å². The van der Waals surface area contributed by atoms with Gasteiger partial charge < -0.3 is 19.6 Å². The molecule has 3 rings (SSSR count). The number of hydrogen-bond acceptors (Lipinski definition) is 5. The van der Waals surface area contributed by atoms with Crippen LogP contribution < -0.4 is 10.1 Å². The molecule has 0 radical (unpaired) electrons. The van der Waals surface area contributed by atoms with E-state index in [2.05, 4.69) is 64.0 Å². The molecule has 0 atom stereocenters. The Morgan fingerprint density at radius 2 is 1.56 bits per heavy atom. The minimum absolute atomic E-state index is 0.202. The Labute approximate surface area is 191 Å². The van der Waals surface area contributed by atoms with Crippen LogP contribution in [0.15, 0.2) is 47.1 Å². The third-order valence-electron chi connectivity index (χ3n) is 5.46. The zero-order valence-electron chi connectivity index (χ0n) is 20.4. The third kappa shape index (κ3) is 5.71. The lowest BCUT2D eigenvalue weighted by atomic mass is 9.78. The molecule has 0 saturated carbocycles. The van der Waals surface area contributed by atoms with Gasteiger partial charge in [-0.25, -0.2) is 4.98 Å². The monoisotopic (exact) mass is 436 g/mol. The molecule has 0 bridgehead atoms. The van der Waals surface area contributed by atoms with E-state index in [1.165, 1.54) is 5.56 Å². The van der Waals surface area contributed by atoms with Crippen molar-refractivity contribution in [3.63, 3.8) is 0 Å². The first-order chi connectivity index (χ1) is 15.0. The first-order valence-electron chi connectivity index (χ1n) is 11.2. The van der Waals surface area contributed by atoms with Gasteiger partial charge in [0.05, 0.1) is 12.3 Å². The summed E-state index contributed by atoms with van der Waals surface area (Å²) in [7, 11) is 1.93. The minimum Gasteiger partial charge on any atom is -0.507 e. The van der Waals surface area contributed by atoms with Crippen molar-refractivity contribution in [3.8, 4) is 23.0 Å². The van der Waals surface area contributed by atoms with Crippen LogP contribution in [-0.4, -0.2) is 23.7 Å². The Bertz CT molecular complexity index is 1000. The molecule has 2 N–H and O–H groups in total. The molecule has 0 aliphatic heterocycles. The zero-order valence-corrected chi connectivity index (χ0v) is 20.4. The normalized spacial score (nSPS) is 12.2. The number of hydrogen-bond donors (Lipinski definition) is 2. The third-order valence-corrected chi connectivity index (χ3v) is 5.46. The lowest BCUT2D eigenvalue weighted by Crippen LogP contribution is -2.17. The van der Waals surface area contributed by atoms with Crippen molar-refractivity contribution in [2.75, 3.05) is 13.7 Å². The summed E-state index contributed by atoms with van der Waals surface area (Å²) < 4.78 is 11.7. The molecule has 2 aromatic carbocycles. The number of ether oxygens (including phenoxy) is 1. The number of nitrogens with zero attached hydrogens (tertiary/aromatic N) is 1. The first-order valence-corrected chi connectivity index (χ1v) is 11.2. The molecule has 0 amide bonds. The van der Waals surface area contributed by atoms with Crippen molar-refractivity contribution in [2.45, 2.75) is 65.3 Å². The second-order valence-corrected chi connectivity index (χ2v) is 10.3. The average Bonchev–Trinajstić information content (AvgIpc) is 3.17. The highest BCUT2D eigenvalue weighted by molar-refractivity contribution is 5.63. The lowest BCUT2D eigenvalue weighted by molar-refractivity contribution is 0.320. The number of aromatic hydroxyl groups is 1. The van der Waals surface area contributed by atoms with Gasteiger partial charge in [-0.3, -0.25) is 0 Å². The van der Waals surface area contributed by atoms with Crippen molar-refractivity contribution in [3.05, 3.63) is 65.0 Å². The van der Waals surface area contributed by atoms with E-state index in [1.54, 1.807) is 6.26 Å². The molecule has 0 unspecified atom stereocenters. The number of phenolic OH excluding ortho intramolecular Hbond substituents is 1. The van der Waals surface area contributed by atoms with Crippen LogP contribution in [0, 0.1) is 0 Å². The average molecular weight is 437 g/mol. The second kappa shape index (κ2) is 9.37. The number of nitrogens with one attached hydrogen (secondary N) is 1. The minimum atomic E-state index is -0.202. The van der Waals surface area contributed by atoms with E-state index in [9.17, 15) is 5.11 Å². The fourth-order valence-corrected chi connectivity index (χ4v) is 3.64. The van der Waals surface area contributed by atoms with E-state index in [4.69, 9.17) is 9.15 Å². The molecule has 5 heteroatoms. The molecule has 32 heavy (non-hydrogen) atoms. The maximum Gasteiger partial charge on any atom is 0.226 e. The summed E-state index contributed by atoms with van der Waals surface area (Å²) in [6, 6.07) is 12.1. The van der Waals surface area contributed by atoms with Gasteiger partial charge >= 0.3 is 0 Å². The number of oxazole rings is 1. The van der Waals surface area contributed by atoms with Crippen LogP contribution in [-0.2, 0) is 23.8 Å². The second-order valence-electron chi connectivity index (χ2n) is 10.3. The molecule has 1 aromatic heterocycles. The highest BCUT2D eigenvalue weighted by Crippen LogP contribution is 2.41. The predicted octanol–water partition coefficient (Wildman–Crippen LogP) is 5.98. The molecule has 172 valence electrons. The Morgan fingerprint density at radius 1 is 0.969 bits per heavy atom. The summed E-state index contributed by atoms with van der Waals surface area (Å²) in [4.78, 5) is 4.69. The largest absolute Gasteiger partial charge is 0.507 e. The molecular weight excluding hydrogens is 400 g/mol. The molecule has 0 saturated heterocycles. The quantitative estimate of drug-likeness (QED) is 0.477. The summed E-state index contributed by atoms with van der Waals surface area (Å²) in [6.07, 6.45) is 2.34. The molecular formula is C27H36N2O3. The predicted molar refractivity (Wildman–Crippen MR) is 129 cm³/mol. The van der Waals surface area contributed by atoms with E-state index < -0.39 is 0 Å². The Kier molecular flexibility index (Phi) is 6.99. The molecule has 0 spiro atoms. The molecule has 3 aromatic rings. The van der Waals surface area contributed by atoms with E-state index in [0.29, 0.717) is 24.7 Å². The SMILES string of the molecule is CNCc1ccc(OCCc2coc(-c3cc(C(C)(C)C)c(O)c(C(C)(C)C)c3)n2)cc1. The van der Waals surface area contributed by atoms with Crippen LogP contribution in [0.4, 0.5) is 0 Å². The van der Waals surface area contributed by atoms with Crippen molar-refractivity contribution >= 4 is 0 Å². The molecule has 5 nitrogen and oxygen atoms in total. The topological polar surface area (TPSA) is 67.5 Å². The van der Waals surface area contributed by atoms with Gasteiger partial charge in [0.25, 0.3) is 0 Å². The van der Waals surface area contributed by atoms with Gasteiger partial charge in [-0.2, -0.15) is 0 Å². The van der Waals surface area contributed by atoms with Gasteiger partial charge in [0, 0.05) is 29.7 Å². The molecule has 0 aliphatic rings. The van der Waals surface area contributed by atoms with E-state index >= 15 is 0 Å². The van der Waals surface area contributed by atoms with Crippen LogP contribution >= 0.6 is 0 Å². The number of rotatable bonds is 7. The Balaban J connectivity index is 1.76. The van der Waals surface area contributed by atoms with Crippen molar-refractivity contribution in [1.29, 1.82) is 0 Å². The molecule has 0 aliphatic carbocycles. The van der Waals surface area contributed by atoms with Gasteiger partial charge in [-0.05, 0) is 47.7 Å². The first kappa shape index (κ1) is 23.9. The summed E-state index contributed by atoms with van der Waals surface area (Å²) in [5.74, 6) is 1.76. The summed E-state index contributed by atoms with van der Waals surface area (Å²) >= 11 is 0. The fraction of sp³-hybridized carbons (Fsp3) is 0.444. The van der Waals surface area contributed by atoms with E-state index in [-0.39, 0.29) is 10.8 Å². The molecule has 1 heterocycles. The molecule has 0 fully saturated rings. The fourth-order valence-electron chi connectivity index (χ4n) is 3.64. The smallest absolute Gasteiger partial charge is 0.226 e. The van der Waals surface area contributed by atoms with Crippen molar-refractivity contribution in [2.24, 2.45) is 0 Å². The maximum absolute atomic E-state index is 10.9. The van der Waals surface area contributed by atoms with Crippen molar-refractivity contribution in [1.82, 2.24) is 10.3 Å². The summed E-state index contributed by atoms with van der Waals surface area (Å²) in [5, 5.41) is 14.1. The number of aromatic nitrogens is 1. The van der Waals surface area contributed by atoms with E-state index in [0.717, 1.165) is 34.7 Å². The highest BCUT2D eigenvalue weighted by atomic mass is 16.5. The van der Waals surface area contributed by atoms with Gasteiger partial charge in [0.1, 0.15) is 17.8 Å². The zero-order chi connectivity index (χ0) is 23.5. The van der Waals surface area contributed by atoms with Crippen LogP contribution in [0.1, 0.15) is 63.9 Å². The van der Waals surface area contributed by atoms with Crippen LogP contribution in [0.25, 0.3) is 11.5 Å².